The Morgan fingerprint density at radius 1 is 1.21 bits per heavy atom. The molecule has 1 heterocycles. The Morgan fingerprint density at radius 2 is 1.93 bits per heavy atom. The van der Waals surface area contributed by atoms with E-state index in [4.69, 9.17) is 4.74 Å². The molecule has 28 heavy (non-hydrogen) atoms. The second-order valence-corrected chi connectivity index (χ2v) is 7.38. The summed E-state index contributed by atoms with van der Waals surface area (Å²) in [5, 5.41) is 12.7. The minimum Gasteiger partial charge on any atom is -0.462 e. The second kappa shape index (κ2) is 10.5. The van der Waals surface area contributed by atoms with Gasteiger partial charge in [-0.15, -0.1) is 11.8 Å². The molecule has 0 bridgehead atoms. The molecule has 0 saturated carbocycles. The Hall–Kier alpha value is -2.85. The van der Waals surface area contributed by atoms with Crippen LogP contribution in [0.1, 0.15) is 54.7 Å². The van der Waals surface area contributed by atoms with E-state index in [0.29, 0.717) is 34.2 Å². The number of nitriles is 1. The molecule has 0 aliphatic rings. The zero-order chi connectivity index (χ0) is 20.5. The van der Waals surface area contributed by atoms with Gasteiger partial charge >= 0.3 is 5.97 Å². The normalized spacial score (nSPS) is 10.4. The average molecular weight is 398 g/mol. The van der Waals surface area contributed by atoms with Gasteiger partial charge in [0.1, 0.15) is 11.1 Å². The number of pyridine rings is 1. The summed E-state index contributed by atoms with van der Waals surface area (Å²) in [6.07, 6.45) is 0.281. The van der Waals surface area contributed by atoms with Gasteiger partial charge in [-0.25, -0.2) is 9.78 Å². The molecule has 6 nitrogen and oxygen atoms in total. The molecule has 0 fully saturated rings. The minimum atomic E-state index is -0.388. The topological polar surface area (TPSA) is 92.1 Å². The van der Waals surface area contributed by atoms with Gasteiger partial charge in [-0.1, -0.05) is 13.8 Å². The molecule has 0 atom stereocenters. The number of hydrogen-bond donors (Lipinski definition) is 1. The van der Waals surface area contributed by atoms with Crippen molar-refractivity contribution < 1.29 is 14.3 Å². The largest absolute Gasteiger partial charge is 0.462 e. The van der Waals surface area contributed by atoms with Crippen molar-refractivity contribution in [2.24, 2.45) is 0 Å². The molecule has 2 aromatic rings. The Morgan fingerprint density at radius 3 is 2.54 bits per heavy atom. The number of rotatable bonds is 8. The number of benzene rings is 1. The van der Waals surface area contributed by atoms with Gasteiger partial charge in [0.05, 0.1) is 17.7 Å². The van der Waals surface area contributed by atoms with Crippen molar-refractivity contribution in [1.82, 2.24) is 4.98 Å². The van der Waals surface area contributed by atoms with E-state index >= 15 is 0 Å². The van der Waals surface area contributed by atoms with E-state index in [0.717, 1.165) is 5.69 Å². The fraction of sp³-hybridized carbons (Fsp3) is 0.333. The van der Waals surface area contributed by atoms with Crippen LogP contribution in [-0.2, 0) is 9.53 Å². The molecule has 1 amide bonds. The molecule has 0 radical (unpaired) electrons. The van der Waals surface area contributed by atoms with E-state index < -0.39 is 0 Å². The number of amides is 1. The summed E-state index contributed by atoms with van der Waals surface area (Å²) in [6, 6.07) is 12.3. The van der Waals surface area contributed by atoms with Crippen molar-refractivity contribution >= 4 is 29.3 Å². The van der Waals surface area contributed by atoms with E-state index in [1.807, 2.05) is 19.9 Å². The molecule has 1 N–H and O–H groups in total. The third-order valence-electron chi connectivity index (χ3n) is 3.84. The molecule has 146 valence electrons. The molecule has 1 aromatic heterocycles. The van der Waals surface area contributed by atoms with Crippen LogP contribution in [0.25, 0.3) is 0 Å². The van der Waals surface area contributed by atoms with Crippen molar-refractivity contribution in [1.29, 1.82) is 5.26 Å². The van der Waals surface area contributed by atoms with Gasteiger partial charge in [0.2, 0.25) is 5.91 Å². The lowest BCUT2D eigenvalue weighted by atomic mass is 10.1. The summed E-state index contributed by atoms with van der Waals surface area (Å²) in [6.45, 7) is 6.16. The summed E-state index contributed by atoms with van der Waals surface area (Å²) >= 11 is 1.40. The molecule has 1 aromatic carbocycles. The molecule has 0 aliphatic heterocycles. The Labute approximate surface area is 169 Å². The molecule has 7 heteroatoms. The number of anilines is 1. The van der Waals surface area contributed by atoms with Crippen LogP contribution < -0.4 is 5.32 Å². The highest BCUT2D eigenvalue weighted by molar-refractivity contribution is 7.99. The van der Waals surface area contributed by atoms with Crippen LogP contribution in [0.3, 0.4) is 0 Å². The van der Waals surface area contributed by atoms with Crippen LogP contribution in [-0.4, -0.2) is 29.2 Å². The van der Waals surface area contributed by atoms with Crippen LogP contribution in [0.2, 0.25) is 0 Å². The molecule has 0 saturated heterocycles. The van der Waals surface area contributed by atoms with E-state index in [1.165, 1.54) is 11.8 Å². The predicted molar refractivity (Wildman–Crippen MR) is 109 cm³/mol. The van der Waals surface area contributed by atoms with Gasteiger partial charge in [-0.3, -0.25) is 4.79 Å². The first-order valence-electron chi connectivity index (χ1n) is 9.05. The first-order valence-corrected chi connectivity index (χ1v) is 10.0. The van der Waals surface area contributed by atoms with Crippen LogP contribution in [0.15, 0.2) is 41.4 Å². The fourth-order valence-electron chi connectivity index (χ4n) is 2.34. The van der Waals surface area contributed by atoms with Crippen molar-refractivity contribution in [3.05, 3.63) is 53.2 Å². The van der Waals surface area contributed by atoms with Crippen LogP contribution >= 0.6 is 11.8 Å². The SMILES string of the molecule is CCOC(=O)c1ccc(NC(=O)CCSc2nc(C(C)C)ccc2C#N)cc1. The van der Waals surface area contributed by atoms with Crippen LogP contribution in [0, 0.1) is 11.3 Å². The first kappa shape index (κ1) is 21.5. The standard InChI is InChI=1S/C21H23N3O3S/c1-4-27-21(26)15-5-8-17(9-6-15)23-19(25)11-12-28-20-16(13-22)7-10-18(24-20)14(2)3/h5-10,14H,4,11-12H2,1-3H3,(H,23,25). The van der Waals surface area contributed by atoms with Gasteiger partial charge in [-0.05, 0) is 49.2 Å². The first-order chi connectivity index (χ1) is 13.4. The van der Waals surface area contributed by atoms with Crippen LogP contribution in [0.4, 0.5) is 5.69 Å². The number of thioether (sulfide) groups is 1. The van der Waals surface area contributed by atoms with E-state index in [9.17, 15) is 14.9 Å². The van der Waals surface area contributed by atoms with Crippen molar-refractivity contribution in [2.75, 3.05) is 17.7 Å². The van der Waals surface area contributed by atoms with Gasteiger partial charge in [0.25, 0.3) is 0 Å². The van der Waals surface area contributed by atoms with Gasteiger partial charge < -0.3 is 10.1 Å². The lowest BCUT2D eigenvalue weighted by Gasteiger charge is -2.09. The lowest BCUT2D eigenvalue weighted by Crippen LogP contribution is -2.12. The minimum absolute atomic E-state index is 0.144. The smallest absolute Gasteiger partial charge is 0.338 e. The van der Waals surface area contributed by atoms with Gasteiger partial charge in [0.15, 0.2) is 0 Å². The molecule has 0 unspecified atom stereocenters. The molecule has 2 rings (SSSR count). The highest BCUT2D eigenvalue weighted by Crippen LogP contribution is 2.24. The number of hydrogen-bond acceptors (Lipinski definition) is 6. The van der Waals surface area contributed by atoms with Crippen LogP contribution in [0.5, 0.6) is 0 Å². The third-order valence-corrected chi connectivity index (χ3v) is 4.83. The molecular formula is C21H23N3O3S. The average Bonchev–Trinajstić information content (AvgIpc) is 2.68. The number of ether oxygens (including phenoxy) is 1. The number of carbonyl (C=O) groups is 2. The van der Waals surface area contributed by atoms with Crippen molar-refractivity contribution in [3.63, 3.8) is 0 Å². The number of carbonyl (C=O) groups excluding carboxylic acids is 2. The maximum atomic E-state index is 12.2. The van der Waals surface area contributed by atoms with Crippen molar-refractivity contribution in [3.8, 4) is 6.07 Å². The van der Waals surface area contributed by atoms with Gasteiger partial charge in [0, 0.05) is 23.6 Å². The maximum Gasteiger partial charge on any atom is 0.338 e. The van der Waals surface area contributed by atoms with Crippen molar-refractivity contribution in [2.45, 2.75) is 38.1 Å². The number of nitrogens with one attached hydrogen (secondary N) is 1. The lowest BCUT2D eigenvalue weighted by molar-refractivity contribution is -0.115. The Bertz CT molecular complexity index is 873. The molecular weight excluding hydrogens is 374 g/mol. The summed E-state index contributed by atoms with van der Waals surface area (Å²) in [5.41, 5.74) is 2.49. The Balaban J connectivity index is 1.89. The number of esters is 1. The fourth-order valence-corrected chi connectivity index (χ4v) is 3.26. The maximum absolute atomic E-state index is 12.2. The molecule has 0 aliphatic carbocycles. The second-order valence-electron chi connectivity index (χ2n) is 6.30. The summed E-state index contributed by atoms with van der Waals surface area (Å²) in [7, 11) is 0. The highest BCUT2D eigenvalue weighted by Gasteiger charge is 2.11. The monoisotopic (exact) mass is 397 g/mol. The van der Waals surface area contributed by atoms with E-state index in [2.05, 4.69) is 16.4 Å². The number of nitrogens with zero attached hydrogens (tertiary/aromatic N) is 2. The van der Waals surface area contributed by atoms with E-state index in [1.54, 1.807) is 37.3 Å². The predicted octanol–water partition coefficient (Wildman–Crippen LogP) is 4.37. The Kier molecular flexibility index (Phi) is 8.02. The highest BCUT2D eigenvalue weighted by atomic mass is 32.2. The summed E-state index contributed by atoms with van der Waals surface area (Å²) in [5.74, 6) is 0.250. The quantitative estimate of drug-likeness (QED) is 0.525. The van der Waals surface area contributed by atoms with E-state index in [-0.39, 0.29) is 24.2 Å². The summed E-state index contributed by atoms with van der Waals surface area (Å²) in [4.78, 5) is 28.3. The number of aromatic nitrogens is 1. The zero-order valence-electron chi connectivity index (χ0n) is 16.2. The zero-order valence-corrected chi connectivity index (χ0v) is 17.0. The summed E-state index contributed by atoms with van der Waals surface area (Å²) < 4.78 is 4.93. The third kappa shape index (κ3) is 6.10. The molecule has 0 spiro atoms. The van der Waals surface area contributed by atoms with Gasteiger partial charge in [-0.2, -0.15) is 5.26 Å².